The number of para-hydroxylation sites is 3. The van der Waals surface area contributed by atoms with Crippen molar-refractivity contribution in [1.82, 2.24) is 29.8 Å². The number of aryl methyl sites for hydroxylation is 1. The van der Waals surface area contributed by atoms with Crippen LogP contribution >= 0.6 is 11.3 Å². The van der Waals surface area contributed by atoms with Crippen molar-refractivity contribution in [2.24, 2.45) is 10.2 Å². The minimum atomic E-state index is -0.990. The van der Waals surface area contributed by atoms with Gasteiger partial charge in [0.2, 0.25) is 0 Å². The second kappa shape index (κ2) is 47.8. The number of carbonyl (C=O) groups is 2. The number of hydrogen-bond donors (Lipinski definition) is 2. The number of allylic oxidation sites excluding steroid dienone is 2. The van der Waals surface area contributed by atoms with Crippen LogP contribution in [0.1, 0.15) is 42.0 Å². The van der Waals surface area contributed by atoms with Crippen molar-refractivity contribution in [3.05, 3.63) is 350 Å². The van der Waals surface area contributed by atoms with E-state index in [1.807, 2.05) is 110 Å². The molecule has 559 valence electrons. The number of anilines is 4. The van der Waals surface area contributed by atoms with Crippen LogP contribution in [0.25, 0.3) is 48.0 Å². The first-order chi connectivity index (χ1) is 49.3. The molecule has 5 radical (unpaired) electrons. The van der Waals surface area contributed by atoms with Crippen molar-refractivity contribution in [2.75, 3.05) is 28.8 Å². The maximum Gasteiger partial charge on any atom is 0.354 e. The molecule has 2 N–H and O–H groups in total. The molecule has 27 heteroatoms. The molecule has 107 heavy (non-hydrogen) atoms. The Morgan fingerprint density at radius 2 is 1.20 bits per heavy atom. The number of ketones is 1. The maximum atomic E-state index is 13.8. The van der Waals surface area contributed by atoms with Gasteiger partial charge in [-0.1, -0.05) is 83.9 Å². The Bertz CT molecular complexity index is 4850. The molecular formula is C80H62F5Ir5N12O4S-7. The van der Waals surface area contributed by atoms with Gasteiger partial charge in [0.15, 0.2) is 11.5 Å². The third kappa shape index (κ3) is 28.9. The second-order valence-corrected chi connectivity index (χ2v) is 22.5. The Hall–Kier alpha value is -9.62. The zero-order valence-electron chi connectivity index (χ0n) is 57.1. The number of fused-ring (bicyclic) bond motifs is 2. The molecule has 12 aromatic rings. The van der Waals surface area contributed by atoms with Crippen LogP contribution in [0.15, 0.2) is 260 Å². The number of thiophene rings is 1. The van der Waals surface area contributed by atoms with Crippen molar-refractivity contribution in [3.63, 3.8) is 0 Å². The molecule has 6 aromatic heterocycles. The average Bonchev–Trinajstić information content (AvgIpc) is 1.71. The fourth-order valence-corrected chi connectivity index (χ4v) is 10.0. The molecule has 0 saturated carbocycles. The smallest absolute Gasteiger partial charge is 0.354 e. The normalized spacial score (nSPS) is 11.4. The largest absolute Gasteiger partial charge is 0.512 e. The summed E-state index contributed by atoms with van der Waals surface area (Å²) in [5.74, 6) is -4.43. The number of aliphatic hydroxyl groups is 1. The second-order valence-electron chi connectivity index (χ2n) is 21.4. The summed E-state index contributed by atoms with van der Waals surface area (Å²) in [7, 11) is 3.99. The van der Waals surface area contributed by atoms with Crippen molar-refractivity contribution in [2.45, 2.75) is 27.2 Å². The summed E-state index contributed by atoms with van der Waals surface area (Å²) >= 11 is 1.73. The summed E-state index contributed by atoms with van der Waals surface area (Å²) in [6.45, 7) is 15.4. The van der Waals surface area contributed by atoms with Gasteiger partial charge in [0, 0.05) is 196 Å². The summed E-state index contributed by atoms with van der Waals surface area (Å²) in [5.41, 5.74) is 8.55. The molecule has 0 amide bonds. The van der Waals surface area contributed by atoms with E-state index in [-0.39, 0.29) is 135 Å². The van der Waals surface area contributed by atoms with Crippen molar-refractivity contribution in [3.8, 4) is 33.1 Å². The molecule has 0 unspecified atom stereocenters. The quantitative estimate of drug-likeness (QED) is 0.0635. The van der Waals surface area contributed by atoms with Crippen molar-refractivity contribution in [1.29, 1.82) is 0 Å². The molecule has 6 aromatic carbocycles. The number of carbonyl (C=O) groups excluding carboxylic acids is 1. The maximum absolute atomic E-state index is 13.8. The van der Waals surface area contributed by atoms with Crippen LogP contribution in [-0.4, -0.2) is 77.8 Å². The van der Waals surface area contributed by atoms with E-state index >= 15 is 0 Å². The zero-order chi connectivity index (χ0) is 72.8. The number of rotatable bonds is 8. The Morgan fingerprint density at radius 1 is 0.589 bits per heavy atom. The van der Waals surface area contributed by atoms with E-state index in [0.29, 0.717) is 11.4 Å². The molecule has 15 rings (SSSR count). The van der Waals surface area contributed by atoms with Gasteiger partial charge in [0.25, 0.3) is 0 Å². The third-order valence-corrected chi connectivity index (χ3v) is 14.8. The first-order valence-corrected chi connectivity index (χ1v) is 31.6. The summed E-state index contributed by atoms with van der Waals surface area (Å²) in [4.78, 5) is 52.1. The van der Waals surface area contributed by atoms with E-state index in [1.54, 1.807) is 78.5 Å². The predicted octanol–water partition coefficient (Wildman–Crippen LogP) is 18.5. The van der Waals surface area contributed by atoms with Crippen LogP contribution in [0.2, 0.25) is 0 Å². The number of carboxylic acid groups (broad SMARTS) is 1. The minimum absolute atomic E-state index is 0. The molecule has 0 fully saturated rings. The molecule has 0 atom stereocenters. The van der Waals surface area contributed by atoms with Crippen LogP contribution in [0, 0.1) is 86.3 Å². The molecule has 9 heterocycles. The Labute approximate surface area is 689 Å². The zero-order valence-corrected chi connectivity index (χ0v) is 69.9. The molecule has 3 aliphatic rings. The topological polar surface area (TPSA) is 181 Å². The van der Waals surface area contributed by atoms with Crippen LogP contribution in [-0.2, 0) is 105 Å². The average molecular weight is 2340 g/mol. The molecule has 0 aliphatic carbocycles. The Morgan fingerprint density at radius 3 is 1.72 bits per heavy atom. The number of halogens is 5. The molecule has 16 nitrogen and oxygen atoms in total. The van der Waals surface area contributed by atoms with Gasteiger partial charge in [-0.2, -0.15) is 59.9 Å². The third-order valence-electron chi connectivity index (χ3n) is 13.7. The van der Waals surface area contributed by atoms with E-state index in [4.69, 9.17) is 16.8 Å². The fourth-order valence-electron chi connectivity index (χ4n) is 9.03. The van der Waals surface area contributed by atoms with E-state index in [1.165, 1.54) is 72.0 Å². The van der Waals surface area contributed by atoms with Crippen molar-refractivity contribution < 1.29 is 142 Å². The van der Waals surface area contributed by atoms with Gasteiger partial charge in [-0.3, -0.25) is 36.6 Å². The summed E-state index contributed by atoms with van der Waals surface area (Å²) in [6, 6.07) is 71.4. The minimum Gasteiger partial charge on any atom is -0.512 e. The van der Waals surface area contributed by atoms with E-state index in [2.05, 4.69) is 142 Å². The first-order valence-electron chi connectivity index (χ1n) is 30.8. The number of aromatic nitrogens is 5. The van der Waals surface area contributed by atoms with Gasteiger partial charge < -0.3 is 44.8 Å². The fraction of sp³-hybridized carbons (Fsp3) is 0.0750. The van der Waals surface area contributed by atoms with Gasteiger partial charge in [0.05, 0.1) is 23.7 Å². The van der Waals surface area contributed by atoms with Crippen molar-refractivity contribution >= 4 is 73.5 Å². The number of aromatic carboxylic acids is 1. The number of nitrogens with zero attached hydrogens (tertiary/aromatic N) is 12. The molecule has 0 bridgehead atoms. The van der Waals surface area contributed by atoms with E-state index in [0.717, 1.165) is 63.5 Å². The Kier molecular flexibility index (Phi) is 40.9. The van der Waals surface area contributed by atoms with Crippen LogP contribution in [0.5, 0.6) is 0 Å². The number of aliphatic hydroxyl groups excluding tert-OH is 1. The molecule has 0 spiro atoms. The number of hydrogen-bond acceptors (Lipinski definition) is 15. The van der Waals surface area contributed by atoms with Gasteiger partial charge in [-0.05, 0) is 123 Å². The van der Waals surface area contributed by atoms with Gasteiger partial charge in [-0.15, -0.1) is 83.0 Å². The molecule has 3 aliphatic heterocycles. The van der Waals surface area contributed by atoms with E-state index in [9.17, 15) is 31.5 Å². The standard InChI is InChI=1S/C14H12N2.C13H7F2N2.C13H8NS.C11H6F2N.C10H9FN2.C8H7N3.C6H5NO2.C5H8O2.5Ir/c1-15-11-16(12-7-3-2-4-8-12)14-10-6-5-9-13(14)15;1-8-5-6-17-11(7-8)9-3-4-10(14)13(16-2)12(9)15;1-2-7-12-10(5-1)9-13(15-12)11-6-3-4-8-14-11;12-8-4-5-9(10(13)7-8)11-3-1-2-6-14-11;1-12-6-7-13(8-12)10-4-2-9(11)3-5-10;1-2-5-9-7(3-1)8-4-6-10-11-8;8-6(9)5-3-1-2-4-7-5;1-4(6)3-5(2)7;;;;;/h2-7,9-11H,1H3;4-7H,1H3;1-8H;1-4,6-7H;2-4,6-8H,1H3;1-3,5-6H,4H2;1-4H,(H,8,9);3,6H,1-2H3;;;;;/q-2;3*-1;-2;;;;;;;;. The summed E-state index contributed by atoms with van der Waals surface area (Å²) in [5, 5.41) is 25.5. The number of benzene rings is 6. The summed E-state index contributed by atoms with van der Waals surface area (Å²) in [6.07, 6.45) is 15.7. The van der Waals surface area contributed by atoms with Gasteiger partial charge in [-0.25, -0.2) is 21.1 Å². The summed E-state index contributed by atoms with van der Waals surface area (Å²) < 4.78 is 66.6. The molecular weight excluding hydrogens is 2280 g/mol. The van der Waals surface area contributed by atoms with Gasteiger partial charge in [0.1, 0.15) is 5.69 Å². The molecule has 0 saturated heterocycles. The van der Waals surface area contributed by atoms with Gasteiger partial charge >= 0.3 is 5.97 Å². The first kappa shape index (κ1) is 91.6. The SMILES string of the molecule is C1=NN=C(c2ccccn2)C1.CC(=O)C=C(C)O.CN1C=CN(c2[c-]cc(F)cc2)[CH-]1.CN1[CH-]N(c2[c-]cccc2)c2ccccc21.Fc1c[c-]c(-c2ccccn2)c(F)c1.O=C(O)c1ccccn1.[C-]#[N+]c1c(F)c[c-]c(-c2cc(C)ccn2)c1F.[Ir].[Ir].[Ir].[Ir].[Ir].[c-]1c(-c2ccccn2)sc2ccccc12. The monoisotopic (exact) mass is 2350 g/mol. The predicted molar refractivity (Wildman–Crippen MR) is 389 cm³/mol. The Balaban J connectivity index is 0.000000319. The van der Waals surface area contributed by atoms with E-state index < -0.39 is 34.9 Å². The van der Waals surface area contributed by atoms with Crippen LogP contribution in [0.4, 0.5) is 50.4 Å². The van der Waals surface area contributed by atoms with Crippen LogP contribution < -0.4 is 14.7 Å². The number of pyridine rings is 5. The van der Waals surface area contributed by atoms with Crippen LogP contribution in [0.3, 0.4) is 0 Å². The number of carboxylic acids is 1.